The average Bonchev–Trinajstić information content (AvgIpc) is 2.79. The zero-order valence-electron chi connectivity index (χ0n) is 22.0. The third-order valence-electron chi connectivity index (χ3n) is 5.95. The summed E-state index contributed by atoms with van der Waals surface area (Å²) in [5, 5.41) is 3.38. The van der Waals surface area contributed by atoms with Gasteiger partial charge in [-0.05, 0) is 56.4 Å². The van der Waals surface area contributed by atoms with E-state index in [0.29, 0.717) is 41.7 Å². The van der Waals surface area contributed by atoms with E-state index in [-0.39, 0.29) is 24.8 Å². The second-order valence-corrected chi connectivity index (χ2v) is 12.0. The van der Waals surface area contributed by atoms with Crippen molar-refractivity contribution in [3.63, 3.8) is 0 Å². The fourth-order valence-corrected chi connectivity index (χ4v) is 5.08. The number of sulfonamides is 1. The molecule has 9 heteroatoms. The summed E-state index contributed by atoms with van der Waals surface area (Å²) in [4.78, 5) is 27.7. The van der Waals surface area contributed by atoms with E-state index in [4.69, 9.17) is 11.6 Å². The van der Waals surface area contributed by atoms with Gasteiger partial charge in [0.15, 0.2) is 0 Å². The second kappa shape index (κ2) is 13.1. The smallest absolute Gasteiger partial charge is 0.242 e. The number of anilines is 1. The number of benzene rings is 2. The maximum Gasteiger partial charge on any atom is 0.242 e. The summed E-state index contributed by atoms with van der Waals surface area (Å²) in [5.41, 5.74) is 3.15. The number of nitrogens with one attached hydrogen (secondary N) is 1. The Labute approximate surface area is 220 Å². The molecule has 0 aliphatic heterocycles. The van der Waals surface area contributed by atoms with Crippen molar-refractivity contribution in [2.24, 2.45) is 5.92 Å². The lowest BCUT2D eigenvalue weighted by Crippen LogP contribution is -2.48. The van der Waals surface area contributed by atoms with Crippen LogP contribution < -0.4 is 9.62 Å². The summed E-state index contributed by atoms with van der Waals surface area (Å²) in [7, 11) is -3.59. The minimum Gasteiger partial charge on any atom is -0.354 e. The van der Waals surface area contributed by atoms with Gasteiger partial charge in [-0.15, -0.1) is 0 Å². The van der Waals surface area contributed by atoms with Gasteiger partial charge in [0.2, 0.25) is 21.8 Å². The summed E-state index contributed by atoms with van der Waals surface area (Å²) in [5.74, 6) is -0.129. The molecule has 1 atom stereocenters. The topological polar surface area (TPSA) is 86.8 Å². The molecule has 0 aliphatic carbocycles. The maximum absolute atomic E-state index is 13.4. The molecule has 0 aromatic heterocycles. The molecule has 2 aromatic carbocycles. The summed E-state index contributed by atoms with van der Waals surface area (Å²) in [6.07, 6.45) is 1.53. The normalized spacial score (nSPS) is 12.3. The predicted octanol–water partition coefficient (Wildman–Crippen LogP) is 4.69. The molecule has 198 valence electrons. The molecule has 36 heavy (non-hydrogen) atoms. The van der Waals surface area contributed by atoms with Gasteiger partial charge in [-0.3, -0.25) is 13.9 Å². The first-order valence-electron chi connectivity index (χ1n) is 12.2. The Bertz CT molecular complexity index is 1170. The monoisotopic (exact) mass is 535 g/mol. The van der Waals surface area contributed by atoms with E-state index >= 15 is 0 Å². The van der Waals surface area contributed by atoms with E-state index in [1.807, 2.05) is 45.0 Å². The van der Waals surface area contributed by atoms with Crippen LogP contribution >= 0.6 is 11.6 Å². The van der Waals surface area contributed by atoms with Gasteiger partial charge in [0.05, 0.1) is 11.9 Å². The van der Waals surface area contributed by atoms with E-state index in [0.717, 1.165) is 17.4 Å². The van der Waals surface area contributed by atoms with Crippen LogP contribution in [0.1, 0.15) is 50.3 Å². The zero-order valence-corrected chi connectivity index (χ0v) is 23.6. The molecule has 1 N–H and O–H groups in total. The Balaban J connectivity index is 2.20. The molecule has 0 saturated carbocycles. The Kier molecular flexibility index (Phi) is 10.8. The van der Waals surface area contributed by atoms with Crippen molar-refractivity contribution in [2.75, 3.05) is 23.7 Å². The van der Waals surface area contributed by atoms with Gasteiger partial charge >= 0.3 is 0 Å². The Morgan fingerprint density at radius 3 is 2.33 bits per heavy atom. The van der Waals surface area contributed by atoms with E-state index < -0.39 is 16.1 Å². The third-order valence-corrected chi connectivity index (χ3v) is 7.54. The van der Waals surface area contributed by atoms with Crippen molar-refractivity contribution in [3.8, 4) is 0 Å². The van der Waals surface area contributed by atoms with Crippen molar-refractivity contribution in [1.82, 2.24) is 10.2 Å². The number of hydrogen-bond acceptors (Lipinski definition) is 4. The van der Waals surface area contributed by atoms with Gasteiger partial charge in [-0.1, -0.05) is 61.3 Å². The number of hydrogen-bond donors (Lipinski definition) is 1. The minimum atomic E-state index is -3.59. The summed E-state index contributed by atoms with van der Waals surface area (Å²) in [6.45, 7) is 10.4. The van der Waals surface area contributed by atoms with Crippen LogP contribution in [0.25, 0.3) is 0 Å². The first-order chi connectivity index (χ1) is 16.8. The molecule has 2 amide bonds. The zero-order chi connectivity index (χ0) is 27.0. The van der Waals surface area contributed by atoms with E-state index in [9.17, 15) is 18.0 Å². The van der Waals surface area contributed by atoms with E-state index in [2.05, 4.69) is 5.32 Å². The molecule has 7 nitrogen and oxygen atoms in total. The number of rotatable bonds is 12. The highest BCUT2D eigenvalue weighted by Gasteiger charge is 2.27. The van der Waals surface area contributed by atoms with Crippen molar-refractivity contribution in [2.45, 2.75) is 60.0 Å². The van der Waals surface area contributed by atoms with Crippen molar-refractivity contribution < 1.29 is 18.0 Å². The van der Waals surface area contributed by atoms with Crippen molar-refractivity contribution >= 4 is 39.1 Å². The highest BCUT2D eigenvalue weighted by molar-refractivity contribution is 7.92. The van der Waals surface area contributed by atoms with Gasteiger partial charge in [-0.25, -0.2) is 8.42 Å². The molecule has 2 rings (SSSR count). The first-order valence-corrected chi connectivity index (χ1v) is 14.4. The van der Waals surface area contributed by atoms with Gasteiger partial charge in [0.1, 0.15) is 6.04 Å². The largest absolute Gasteiger partial charge is 0.354 e. The lowest BCUT2D eigenvalue weighted by atomic mass is 10.1. The molecular formula is C27H38ClN3O4S. The van der Waals surface area contributed by atoms with Gasteiger partial charge in [0.25, 0.3) is 0 Å². The number of carbonyl (C=O) groups excluding carboxylic acids is 2. The van der Waals surface area contributed by atoms with E-state index in [1.165, 1.54) is 4.31 Å². The van der Waals surface area contributed by atoms with Crippen LogP contribution in [0.5, 0.6) is 0 Å². The molecular weight excluding hydrogens is 498 g/mol. The SMILES string of the molecule is Cc1cccc(CN(C(=O)CCCN(c2cccc(Cl)c2C)S(C)(=O)=O)[C@H](C)C(=O)NCC(C)C)c1. The predicted molar refractivity (Wildman–Crippen MR) is 147 cm³/mol. The van der Waals surface area contributed by atoms with Crippen LogP contribution in [-0.4, -0.2) is 50.5 Å². The number of carbonyl (C=O) groups is 2. The second-order valence-electron chi connectivity index (χ2n) is 9.65. The number of halogens is 1. The third kappa shape index (κ3) is 8.52. The molecule has 0 bridgehead atoms. The van der Waals surface area contributed by atoms with Crippen LogP contribution in [0.15, 0.2) is 42.5 Å². The molecule has 0 fully saturated rings. The highest BCUT2D eigenvalue weighted by atomic mass is 35.5. The first kappa shape index (κ1) is 29.6. The van der Waals surface area contributed by atoms with Crippen molar-refractivity contribution in [3.05, 3.63) is 64.2 Å². The Hall–Kier alpha value is -2.58. The molecule has 2 aromatic rings. The standard InChI is InChI=1S/C27H38ClN3O4S/c1-19(2)17-29-27(33)22(5)30(18-23-11-7-10-20(3)16-23)26(32)14-9-15-31(36(6,34)35)25-13-8-12-24(28)21(25)4/h7-8,10-13,16,19,22H,9,14-15,17-18H2,1-6H3,(H,29,33)/t22-/m1/s1. The summed E-state index contributed by atoms with van der Waals surface area (Å²) in [6, 6.07) is 12.3. The molecule has 0 spiro atoms. The molecule has 0 heterocycles. The molecule has 0 aliphatic rings. The molecule has 0 unspecified atom stereocenters. The number of aryl methyl sites for hydroxylation is 1. The Morgan fingerprint density at radius 2 is 1.72 bits per heavy atom. The fraction of sp³-hybridized carbons (Fsp3) is 0.481. The van der Waals surface area contributed by atoms with Crippen LogP contribution in [-0.2, 0) is 26.2 Å². The van der Waals surface area contributed by atoms with Gasteiger partial charge in [-0.2, -0.15) is 0 Å². The van der Waals surface area contributed by atoms with Gasteiger partial charge in [0, 0.05) is 31.1 Å². The summed E-state index contributed by atoms with van der Waals surface area (Å²) < 4.78 is 26.4. The van der Waals surface area contributed by atoms with Crippen molar-refractivity contribution in [1.29, 1.82) is 0 Å². The fourth-order valence-electron chi connectivity index (χ4n) is 3.89. The van der Waals surface area contributed by atoms with E-state index in [1.54, 1.807) is 36.9 Å². The lowest BCUT2D eigenvalue weighted by Gasteiger charge is -2.30. The molecule has 0 saturated heterocycles. The van der Waals surface area contributed by atoms with Gasteiger partial charge < -0.3 is 10.2 Å². The number of nitrogens with zero attached hydrogens (tertiary/aromatic N) is 2. The lowest BCUT2D eigenvalue weighted by molar-refractivity contribution is -0.140. The highest BCUT2D eigenvalue weighted by Crippen LogP contribution is 2.28. The summed E-state index contributed by atoms with van der Waals surface area (Å²) >= 11 is 6.21. The maximum atomic E-state index is 13.4. The minimum absolute atomic E-state index is 0.0965. The quantitative estimate of drug-likeness (QED) is 0.427. The van der Waals surface area contributed by atoms with Crippen LogP contribution in [0.2, 0.25) is 5.02 Å². The molecule has 0 radical (unpaired) electrons. The van der Waals surface area contributed by atoms with Crippen LogP contribution in [0.3, 0.4) is 0 Å². The Morgan fingerprint density at radius 1 is 1.06 bits per heavy atom. The average molecular weight is 536 g/mol. The van der Waals surface area contributed by atoms with Crippen LogP contribution in [0.4, 0.5) is 5.69 Å². The number of amides is 2. The van der Waals surface area contributed by atoms with Crippen LogP contribution in [0, 0.1) is 19.8 Å².